The molecule has 2 unspecified atom stereocenters. The first-order chi connectivity index (χ1) is 14.2. The average molecular weight is 405 g/mol. The lowest BCUT2D eigenvalue weighted by Crippen LogP contribution is -2.40. The predicted octanol–water partition coefficient (Wildman–Crippen LogP) is 3.65. The number of benzene rings is 1. The normalized spacial score (nSPS) is 23.4. The van der Waals surface area contributed by atoms with Crippen LogP contribution in [0.4, 0.5) is 0 Å². The van der Waals surface area contributed by atoms with Crippen molar-refractivity contribution in [2.45, 2.75) is 18.9 Å². The Bertz CT molecular complexity index is 1050. The van der Waals surface area contributed by atoms with Crippen LogP contribution in [0.5, 0.6) is 11.5 Å². The van der Waals surface area contributed by atoms with Crippen molar-refractivity contribution in [2.24, 2.45) is 27.7 Å². The van der Waals surface area contributed by atoms with Gasteiger partial charge >= 0.3 is 0 Å². The van der Waals surface area contributed by atoms with Crippen LogP contribution in [-0.2, 0) is 0 Å². The van der Waals surface area contributed by atoms with Crippen LogP contribution in [0.15, 0.2) is 75.2 Å². The lowest BCUT2D eigenvalue weighted by atomic mass is 9.85. The zero-order valence-corrected chi connectivity index (χ0v) is 16.3. The third-order valence-corrected chi connectivity index (χ3v) is 5.56. The van der Waals surface area contributed by atoms with Crippen molar-refractivity contribution in [1.29, 1.82) is 0 Å². The lowest BCUT2D eigenvalue weighted by molar-refractivity contribution is 0.337. The SMILES string of the molecule is NC1=CC(C=S)C2C(c3oncc3Oc3ccccc3)=NN(C3CC=CC3)C2=N1. The number of thiocarbonyl (C=S) groups is 1. The van der Waals surface area contributed by atoms with Gasteiger partial charge in [0.2, 0.25) is 5.76 Å². The number of aliphatic imine (C=N–C) groups is 1. The van der Waals surface area contributed by atoms with Gasteiger partial charge in [0.05, 0.1) is 12.0 Å². The molecule has 8 heteroatoms. The number of fused-ring (bicyclic) bond motifs is 1. The largest absolute Gasteiger partial charge is 0.451 e. The van der Waals surface area contributed by atoms with E-state index in [-0.39, 0.29) is 17.9 Å². The summed E-state index contributed by atoms with van der Waals surface area (Å²) in [5.41, 5.74) is 6.77. The van der Waals surface area contributed by atoms with Crippen molar-refractivity contribution >= 4 is 29.1 Å². The van der Waals surface area contributed by atoms with Gasteiger partial charge in [-0.2, -0.15) is 5.10 Å². The van der Waals surface area contributed by atoms with E-state index < -0.39 is 0 Å². The highest BCUT2D eigenvalue weighted by Gasteiger charge is 2.45. The van der Waals surface area contributed by atoms with Crippen LogP contribution in [0.3, 0.4) is 0 Å². The smallest absolute Gasteiger partial charge is 0.226 e. The maximum absolute atomic E-state index is 6.07. The number of para-hydroxylation sites is 1. The molecule has 2 atom stereocenters. The summed E-state index contributed by atoms with van der Waals surface area (Å²) in [5, 5.41) is 12.5. The summed E-state index contributed by atoms with van der Waals surface area (Å²) in [5.74, 6) is 2.62. The second-order valence-electron chi connectivity index (χ2n) is 7.11. The molecule has 1 aromatic heterocycles. The van der Waals surface area contributed by atoms with E-state index >= 15 is 0 Å². The van der Waals surface area contributed by atoms with Crippen LogP contribution in [0.25, 0.3) is 0 Å². The van der Waals surface area contributed by atoms with E-state index in [0.29, 0.717) is 28.8 Å². The number of amidine groups is 1. The maximum Gasteiger partial charge on any atom is 0.226 e. The van der Waals surface area contributed by atoms with E-state index in [1.165, 1.54) is 0 Å². The standard InChI is InChI=1S/C21H19N5O2S/c22-17-10-13(12-29)18-19(25-26(21(18)24-17)14-6-4-5-7-14)20-16(11-23-28-20)27-15-8-2-1-3-9-15/h1-5,8-14,18H,6-7,22H2. The second-order valence-corrected chi connectivity index (χ2v) is 7.39. The molecule has 1 aliphatic carbocycles. The van der Waals surface area contributed by atoms with Gasteiger partial charge in [0.1, 0.15) is 29.3 Å². The van der Waals surface area contributed by atoms with Crippen LogP contribution < -0.4 is 10.5 Å². The van der Waals surface area contributed by atoms with Gasteiger partial charge in [-0.15, -0.1) is 0 Å². The fourth-order valence-corrected chi connectivity index (χ4v) is 4.14. The number of hydrogen-bond acceptors (Lipinski definition) is 8. The topological polar surface area (TPSA) is 89.2 Å². The summed E-state index contributed by atoms with van der Waals surface area (Å²) in [6.07, 6.45) is 9.54. The zero-order valence-electron chi connectivity index (χ0n) is 15.5. The van der Waals surface area contributed by atoms with Crippen LogP contribution >= 0.6 is 12.2 Å². The minimum absolute atomic E-state index is 0.120. The minimum atomic E-state index is -0.188. The lowest BCUT2D eigenvalue weighted by Gasteiger charge is -2.28. The molecule has 5 rings (SSSR count). The molecule has 0 amide bonds. The average Bonchev–Trinajstić information content (AvgIpc) is 3.47. The van der Waals surface area contributed by atoms with E-state index in [2.05, 4.69) is 22.3 Å². The number of ether oxygens (including phenoxy) is 1. The number of rotatable bonds is 5. The van der Waals surface area contributed by atoms with Gasteiger partial charge in [0, 0.05) is 5.92 Å². The second kappa shape index (κ2) is 7.29. The minimum Gasteiger partial charge on any atom is -0.451 e. The summed E-state index contributed by atoms with van der Waals surface area (Å²) in [7, 11) is 0. The van der Waals surface area contributed by atoms with Crippen molar-refractivity contribution in [2.75, 3.05) is 0 Å². The number of hydrogen-bond donors (Lipinski definition) is 1. The molecule has 3 aliphatic rings. The molecule has 29 heavy (non-hydrogen) atoms. The van der Waals surface area contributed by atoms with Crippen molar-refractivity contribution in [3.05, 3.63) is 66.3 Å². The third kappa shape index (κ3) is 3.15. The molecule has 1 aromatic carbocycles. The van der Waals surface area contributed by atoms with Gasteiger partial charge in [-0.05, 0) is 36.4 Å². The van der Waals surface area contributed by atoms with Crippen molar-refractivity contribution < 1.29 is 9.26 Å². The van der Waals surface area contributed by atoms with Crippen molar-refractivity contribution in [3.63, 3.8) is 0 Å². The summed E-state index contributed by atoms with van der Waals surface area (Å²) >= 11 is 5.30. The highest BCUT2D eigenvalue weighted by molar-refractivity contribution is 7.79. The van der Waals surface area contributed by atoms with Gasteiger partial charge in [0.15, 0.2) is 5.75 Å². The van der Waals surface area contributed by atoms with E-state index in [0.717, 1.165) is 18.7 Å². The fraction of sp³-hybridized carbons (Fsp3) is 0.238. The Morgan fingerprint density at radius 2 is 2.00 bits per heavy atom. The molecule has 2 aromatic rings. The third-order valence-electron chi connectivity index (χ3n) is 5.24. The van der Waals surface area contributed by atoms with Gasteiger partial charge in [-0.3, -0.25) is 0 Å². The molecule has 0 saturated heterocycles. The predicted molar refractivity (Wildman–Crippen MR) is 114 cm³/mol. The van der Waals surface area contributed by atoms with E-state index in [9.17, 15) is 0 Å². The van der Waals surface area contributed by atoms with E-state index in [1.54, 1.807) is 11.6 Å². The highest BCUT2D eigenvalue weighted by atomic mass is 32.1. The summed E-state index contributed by atoms with van der Waals surface area (Å²) in [6, 6.07) is 9.70. The summed E-state index contributed by atoms with van der Waals surface area (Å²) in [6.45, 7) is 0. The molecule has 0 saturated carbocycles. The first-order valence-electron chi connectivity index (χ1n) is 9.46. The van der Waals surface area contributed by atoms with Crippen LogP contribution in [-0.4, -0.2) is 33.1 Å². The monoisotopic (exact) mass is 405 g/mol. The number of nitrogens with two attached hydrogens (primary N) is 1. The molecule has 3 heterocycles. The van der Waals surface area contributed by atoms with Gasteiger partial charge in [-0.1, -0.05) is 47.7 Å². The van der Waals surface area contributed by atoms with Crippen LogP contribution in [0, 0.1) is 11.8 Å². The Balaban J connectivity index is 1.55. The molecule has 7 nitrogen and oxygen atoms in total. The first kappa shape index (κ1) is 17.8. The fourth-order valence-electron chi connectivity index (χ4n) is 3.90. The molecular weight excluding hydrogens is 386 g/mol. The van der Waals surface area contributed by atoms with Gasteiger partial charge in [-0.25, -0.2) is 10.0 Å². The molecule has 0 fully saturated rings. The van der Waals surface area contributed by atoms with Crippen LogP contribution in [0.2, 0.25) is 0 Å². The van der Waals surface area contributed by atoms with Crippen molar-refractivity contribution in [1.82, 2.24) is 10.2 Å². The molecule has 2 aliphatic heterocycles. The Kier molecular flexibility index (Phi) is 4.48. The van der Waals surface area contributed by atoms with Crippen molar-refractivity contribution in [3.8, 4) is 11.5 Å². The highest BCUT2D eigenvalue weighted by Crippen LogP contribution is 2.38. The Labute approximate surface area is 173 Å². The maximum atomic E-state index is 6.07. The van der Waals surface area contributed by atoms with Gasteiger partial charge < -0.3 is 15.0 Å². The van der Waals surface area contributed by atoms with Gasteiger partial charge in [0.25, 0.3) is 0 Å². The molecular formula is C21H19N5O2S. The molecule has 146 valence electrons. The molecule has 0 spiro atoms. The summed E-state index contributed by atoms with van der Waals surface area (Å²) in [4.78, 5) is 4.61. The molecule has 2 N–H and O–H groups in total. The number of aromatic nitrogens is 1. The summed E-state index contributed by atoms with van der Waals surface area (Å²) < 4.78 is 11.6. The molecule has 0 radical (unpaired) electrons. The number of allylic oxidation sites excluding steroid dienone is 1. The Morgan fingerprint density at radius 1 is 1.21 bits per heavy atom. The number of nitrogens with zero attached hydrogens (tertiary/aromatic N) is 4. The Morgan fingerprint density at radius 3 is 2.76 bits per heavy atom. The first-order valence-corrected chi connectivity index (χ1v) is 9.93. The quantitative estimate of drug-likeness (QED) is 0.603. The van der Waals surface area contributed by atoms with E-state index in [1.807, 2.05) is 41.4 Å². The van der Waals surface area contributed by atoms with E-state index in [4.69, 9.17) is 32.3 Å². The number of hydrazone groups is 1. The molecule has 0 bridgehead atoms. The Hall–Kier alpha value is -3.26. The zero-order chi connectivity index (χ0) is 19.8. The van der Waals surface area contributed by atoms with Crippen LogP contribution in [0.1, 0.15) is 18.6 Å².